The lowest BCUT2D eigenvalue weighted by molar-refractivity contribution is -0.385. The summed E-state index contributed by atoms with van der Waals surface area (Å²) in [5, 5.41) is 19.1. The van der Waals surface area contributed by atoms with Crippen LogP contribution >= 0.6 is 0 Å². The van der Waals surface area contributed by atoms with E-state index in [1.165, 1.54) is 6.07 Å². The molecule has 128 valence electrons. The molecular formula is C17H17N5O3. The fourth-order valence-electron chi connectivity index (χ4n) is 3.69. The minimum atomic E-state index is -0.631. The molecule has 0 saturated heterocycles. The lowest BCUT2D eigenvalue weighted by atomic mass is 9.81. The van der Waals surface area contributed by atoms with Crippen molar-refractivity contribution in [2.24, 2.45) is 5.92 Å². The summed E-state index contributed by atoms with van der Waals surface area (Å²) in [6.45, 7) is 3.78. The summed E-state index contributed by atoms with van der Waals surface area (Å²) in [4.78, 5) is 28.3. The molecule has 1 aliphatic heterocycles. The van der Waals surface area contributed by atoms with Crippen LogP contribution in [0.3, 0.4) is 0 Å². The van der Waals surface area contributed by atoms with Crippen molar-refractivity contribution in [3.8, 4) is 0 Å². The SMILES string of the molecule is Cc1nc2n(n1)[C@@H](c1ccccc1[N+](=O)[O-])C1=C(C[C@@H](C)CC1=O)N2. The molecule has 0 bridgehead atoms. The Hall–Kier alpha value is -3.03. The van der Waals surface area contributed by atoms with Crippen LogP contribution in [0.15, 0.2) is 35.5 Å². The van der Waals surface area contributed by atoms with E-state index in [9.17, 15) is 14.9 Å². The highest BCUT2D eigenvalue weighted by molar-refractivity contribution is 5.99. The van der Waals surface area contributed by atoms with Gasteiger partial charge in [-0.25, -0.2) is 4.68 Å². The van der Waals surface area contributed by atoms with Crippen LogP contribution < -0.4 is 5.32 Å². The molecule has 1 N–H and O–H groups in total. The molecular weight excluding hydrogens is 322 g/mol. The summed E-state index contributed by atoms with van der Waals surface area (Å²) in [5.74, 6) is 1.29. The van der Waals surface area contributed by atoms with E-state index in [2.05, 4.69) is 15.4 Å². The number of Topliss-reactive ketones (excluding diaryl/α,β-unsaturated/α-hetero) is 1. The van der Waals surface area contributed by atoms with E-state index in [0.717, 1.165) is 5.70 Å². The molecule has 1 aromatic carbocycles. The van der Waals surface area contributed by atoms with Gasteiger partial charge in [0.05, 0.1) is 10.5 Å². The van der Waals surface area contributed by atoms with Crippen LogP contribution in [0.25, 0.3) is 0 Å². The number of para-hydroxylation sites is 1. The van der Waals surface area contributed by atoms with E-state index < -0.39 is 11.0 Å². The van der Waals surface area contributed by atoms with Crippen molar-refractivity contribution in [3.05, 3.63) is 57.0 Å². The maximum atomic E-state index is 12.8. The minimum absolute atomic E-state index is 0.00297. The summed E-state index contributed by atoms with van der Waals surface area (Å²) in [7, 11) is 0. The van der Waals surface area contributed by atoms with Crippen LogP contribution in [0.4, 0.5) is 11.6 Å². The first-order valence-corrected chi connectivity index (χ1v) is 8.15. The number of ketones is 1. The molecule has 8 heteroatoms. The lowest BCUT2D eigenvalue weighted by Crippen LogP contribution is -2.33. The van der Waals surface area contributed by atoms with Gasteiger partial charge in [0.15, 0.2) is 5.78 Å². The van der Waals surface area contributed by atoms with E-state index >= 15 is 0 Å². The number of nitrogens with one attached hydrogen (secondary N) is 1. The third kappa shape index (κ3) is 2.41. The van der Waals surface area contributed by atoms with Gasteiger partial charge in [-0.05, 0) is 25.3 Å². The van der Waals surface area contributed by atoms with Crippen LogP contribution in [0.1, 0.15) is 37.2 Å². The van der Waals surface area contributed by atoms with E-state index in [4.69, 9.17) is 0 Å². The minimum Gasteiger partial charge on any atom is -0.328 e. The van der Waals surface area contributed by atoms with Gasteiger partial charge in [-0.15, -0.1) is 0 Å². The van der Waals surface area contributed by atoms with Gasteiger partial charge in [-0.1, -0.05) is 19.1 Å². The van der Waals surface area contributed by atoms with Gasteiger partial charge in [0, 0.05) is 23.8 Å². The third-order valence-electron chi connectivity index (χ3n) is 4.66. The smallest absolute Gasteiger partial charge is 0.275 e. The van der Waals surface area contributed by atoms with Gasteiger partial charge in [0.1, 0.15) is 11.9 Å². The predicted octanol–water partition coefficient (Wildman–Crippen LogP) is 2.76. The summed E-state index contributed by atoms with van der Waals surface area (Å²) < 4.78 is 1.59. The average molecular weight is 339 g/mol. The summed E-state index contributed by atoms with van der Waals surface area (Å²) in [6.07, 6.45) is 1.14. The van der Waals surface area contributed by atoms with Crippen molar-refractivity contribution in [1.29, 1.82) is 0 Å². The monoisotopic (exact) mass is 339 g/mol. The van der Waals surface area contributed by atoms with Gasteiger partial charge < -0.3 is 5.32 Å². The van der Waals surface area contributed by atoms with Crippen LogP contribution in [-0.4, -0.2) is 25.5 Å². The second-order valence-electron chi connectivity index (χ2n) is 6.60. The first-order chi connectivity index (χ1) is 12.0. The maximum absolute atomic E-state index is 12.8. The molecule has 2 aliphatic rings. The quantitative estimate of drug-likeness (QED) is 0.666. The van der Waals surface area contributed by atoms with Gasteiger partial charge in [0.25, 0.3) is 5.69 Å². The number of nitro benzene ring substituents is 1. The number of aromatic nitrogens is 3. The molecule has 1 aliphatic carbocycles. The molecule has 2 heterocycles. The van der Waals surface area contributed by atoms with Gasteiger partial charge in [0.2, 0.25) is 5.95 Å². The highest BCUT2D eigenvalue weighted by Gasteiger charge is 2.40. The second-order valence-corrected chi connectivity index (χ2v) is 6.60. The maximum Gasteiger partial charge on any atom is 0.275 e. The second kappa shape index (κ2) is 5.51. The molecule has 0 amide bonds. The average Bonchev–Trinajstić information content (AvgIpc) is 2.92. The molecule has 8 nitrogen and oxygen atoms in total. The van der Waals surface area contributed by atoms with E-state index in [0.29, 0.717) is 35.8 Å². The lowest BCUT2D eigenvalue weighted by Gasteiger charge is -2.33. The van der Waals surface area contributed by atoms with Crippen LogP contribution in [0.2, 0.25) is 0 Å². The van der Waals surface area contributed by atoms with Gasteiger partial charge >= 0.3 is 0 Å². The van der Waals surface area contributed by atoms with Crippen LogP contribution in [0.5, 0.6) is 0 Å². The molecule has 1 aromatic heterocycles. The van der Waals surface area contributed by atoms with Crippen LogP contribution in [-0.2, 0) is 4.79 Å². The van der Waals surface area contributed by atoms with Crippen molar-refractivity contribution in [3.63, 3.8) is 0 Å². The van der Waals surface area contributed by atoms with Crippen molar-refractivity contribution in [2.45, 2.75) is 32.7 Å². The number of allylic oxidation sites excluding steroid dienone is 2. The molecule has 0 unspecified atom stereocenters. The number of nitrogens with zero attached hydrogens (tertiary/aromatic N) is 4. The summed E-state index contributed by atoms with van der Waals surface area (Å²) in [6, 6.07) is 5.87. The van der Waals surface area contributed by atoms with E-state index in [1.807, 2.05) is 6.92 Å². The number of nitro groups is 1. The zero-order valence-corrected chi connectivity index (χ0v) is 13.9. The Bertz CT molecular complexity index is 930. The number of aryl methyl sites for hydroxylation is 1. The predicted molar refractivity (Wildman–Crippen MR) is 90.0 cm³/mol. The summed E-state index contributed by atoms with van der Waals surface area (Å²) >= 11 is 0. The first kappa shape index (κ1) is 15.5. The van der Waals surface area contributed by atoms with Crippen molar-refractivity contribution in [2.75, 3.05) is 5.32 Å². The number of rotatable bonds is 2. The number of carbonyl (C=O) groups is 1. The number of carbonyl (C=O) groups excluding carboxylic acids is 1. The van der Waals surface area contributed by atoms with E-state index in [1.54, 1.807) is 29.8 Å². The fraction of sp³-hybridized carbons (Fsp3) is 0.353. The Morgan fingerprint density at radius 2 is 2.08 bits per heavy atom. The molecule has 0 saturated carbocycles. The Balaban J connectivity index is 1.97. The van der Waals surface area contributed by atoms with Crippen molar-refractivity contribution in [1.82, 2.24) is 14.8 Å². The number of hydrogen-bond donors (Lipinski definition) is 1. The van der Waals surface area contributed by atoms with E-state index in [-0.39, 0.29) is 17.4 Å². The standard InChI is InChI=1S/C17H17N5O3/c1-9-7-12-15(14(23)8-9)16(21-17(19-12)18-10(2)20-21)11-5-3-4-6-13(11)22(24)25/h3-6,9,16H,7-8H2,1-2H3,(H,18,19,20)/t9-,16+/m1/s1. The molecule has 25 heavy (non-hydrogen) atoms. The largest absolute Gasteiger partial charge is 0.328 e. The highest BCUT2D eigenvalue weighted by atomic mass is 16.6. The molecule has 4 rings (SSSR count). The summed E-state index contributed by atoms with van der Waals surface area (Å²) in [5.41, 5.74) is 1.79. The number of hydrogen-bond acceptors (Lipinski definition) is 6. The Kier molecular flexibility index (Phi) is 3.41. The first-order valence-electron chi connectivity index (χ1n) is 8.15. The third-order valence-corrected chi connectivity index (χ3v) is 4.66. The normalized spacial score (nSPS) is 22.2. The molecule has 2 aromatic rings. The van der Waals surface area contributed by atoms with Gasteiger partial charge in [-0.3, -0.25) is 14.9 Å². The Morgan fingerprint density at radius 3 is 2.84 bits per heavy atom. The number of fused-ring (bicyclic) bond motifs is 1. The number of anilines is 1. The number of benzene rings is 1. The van der Waals surface area contributed by atoms with Crippen molar-refractivity contribution < 1.29 is 9.72 Å². The topological polar surface area (TPSA) is 103 Å². The molecule has 0 spiro atoms. The Labute approximate surface area is 143 Å². The van der Waals surface area contributed by atoms with Gasteiger partial charge in [-0.2, -0.15) is 10.1 Å². The highest BCUT2D eigenvalue weighted by Crippen LogP contribution is 2.43. The fourth-order valence-corrected chi connectivity index (χ4v) is 3.69. The zero-order valence-electron chi connectivity index (χ0n) is 13.9. The zero-order chi connectivity index (χ0) is 17.7. The van der Waals surface area contributed by atoms with Crippen molar-refractivity contribution >= 4 is 17.4 Å². The van der Waals surface area contributed by atoms with Crippen LogP contribution in [0, 0.1) is 23.0 Å². The Morgan fingerprint density at radius 1 is 1.32 bits per heavy atom. The molecule has 0 radical (unpaired) electrons. The molecule has 0 fully saturated rings. The molecule has 2 atom stereocenters.